The van der Waals surface area contributed by atoms with E-state index in [2.05, 4.69) is 27.3 Å². The molecule has 2 aliphatic rings. The molecule has 9 heteroatoms. The third-order valence-corrected chi connectivity index (χ3v) is 5.40. The van der Waals surface area contributed by atoms with Crippen LogP contribution in [0.4, 0.5) is 5.82 Å². The van der Waals surface area contributed by atoms with Crippen LogP contribution in [0.5, 0.6) is 0 Å². The average molecular weight is 407 g/mol. The van der Waals surface area contributed by atoms with Crippen molar-refractivity contribution in [2.45, 2.75) is 45.2 Å². The molecular formula is C21H25N7O2. The zero-order valence-corrected chi connectivity index (χ0v) is 17.2. The molecule has 4 heterocycles. The molecule has 1 aromatic carbocycles. The van der Waals surface area contributed by atoms with Gasteiger partial charge in [0.05, 0.1) is 11.7 Å². The van der Waals surface area contributed by atoms with E-state index in [9.17, 15) is 9.59 Å². The van der Waals surface area contributed by atoms with E-state index < -0.39 is 5.91 Å². The number of anilines is 1. The second-order valence-corrected chi connectivity index (χ2v) is 7.55. The summed E-state index contributed by atoms with van der Waals surface area (Å²) < 4.78 is 3.72. The highest BCUT2D eigenvalue weighted by Crippen LogP contribution is 2.29. The molecule has 9 nitrogen and oxygen atoms in total. The Balaban J connectivity index is 0.000000151. The number of carbonyl (C=O) groups excluding carboxylic acids is 2. The van der Waals surface area contributed by atoms with E-state index in [1.54, 1.807) is 11.9 Å². The van der Waals surface area contributed by atoms with E-state index in [1.807, 2.05) is 40.6 Å². The smallest absolute Gasteiger partial charge is 0.288 e. The maximum absolute atomic E-state index is 11.5. The van der Waals surface area contributed by atoms with Gasteiger partial charge < -0.3 is 10.6 Å². The molecule has 0 spiro atoms. The number of hydrogen-bond acceptors (Lipinski definition) is 5. The number of nitrogens with two attached hydrogens (primary N) is 1. The van der Waals surface area contributed by atoms with Gasteiger partial charge in [-0.15, -0.1) is 5.10 Å². The van der Waals surface area contributed by atoms with Crippen molar-refractivity contribution in [2.24, 2.45) is 5.73 Å². The van der Waals surface area contributed by atoms with E-state index >= 15 is 0 Å². The van der Waals surface area contributed by atoms with Crippen LogP contribution < -0.4 is 10.6 Å². The first kappa shape index (κ1) is 19.8. The first-order valence-electron chi connectivity index (χ1n) is 10.0. The zero-order chi connectivity index (χ0) is 21.3. The lowest BCUT2D eigenvalue weighted by atomic mass is 10.1. The van der Waals surface area contributed by atoms with Crippen LogP contribution in [0.15, 0.2) is 36.4 Å². The van der Waals surface area contributed by atoms with E-state index in [-0.39, 0.29) is 17.8 Å². The lowest BCUT2D eigenvalue weighted by Gasteiger charge is -2.13. The number of nitrogens with zero attached hydrogens (tertiary/aromatic N) is 6. The molecule has 1 atom stereocenters. The summed E-state index contributed by atoms with van der Waals surface area (Å²) in [5.74, 6) is 1.48. The van der Waals surface area contributed by atoms with E-state index in [0.29, 0.717) is 6.42 Å². The molecule has 0 fully saturated rings. The Morgan fingerprint density at radius 1 is 1.17 bits per heavy atom. The molecular weight excluding hydrogens is 382 g/mol. The lowest BCUT2D eigenvalue weighted by molar-refractivity contribution is -0.118. The monoisotopic (exact) mass is 407 g/mol. The second kappa shape index (κ2) is 8.10. The van der Waals surface area contributed by atoms with Crippen molar-refractivity contribution in [3.8, 4) is 0 Å². The van der Waals surface area contributed by atoms with Crippen molar-refractivity contribution in [1.82, 2.24) is 24.5 Å². The van der Waals surface area contributed by atoms with Crippen molar-refractivity contribution >= 4 is 17.6 Å². The second-order valence-electron chi connectivity index (χ2n) is 7.55. The summed E-state index contributed by atoms with van der Waals surface area (Å²) in [6.07, 6.45) is 3.31. The molecule has 2 aliphatic heterocycles. The van der Waals surface area contributed by atoms with Crippen molar-refractivity contribution < 1.29 is 9.59 Å². The molecule has 2 N–H and O–H groups in total. The highest BCUT2D eigenvalue weighted by atomic mass is 16.2. The topological polar surface area (TPSA) is 112 Å². The van der Waals surface area contributed by atoms with Gasteiger partial charge >= 0.3 is 0 Å². The number of aromatic nitrogens is 5. The SMILES string of the molecule is Cc1cc2n(n1)CCCC(=O)N2C.NC(=O)c1nc2n(n1)C(c1ccccc1)CC2. The van der Waals surface area contributed by atoms with Crippen LogP contribution in [0.2, 0.25) is 0 Å². The van der Waals surface area contributed by atoms with Crippen LogP contribution >= 0.6 is 0 Å². The summed E-state index contributed by atoms with van der Waals surface area (Å²) >= 11 is 0. The number of carbonyl (C=O) groups is 2. The summed E-state index contributed by atoms with van der Waals surface area (Å²) in [5.41, 5.74) is 7.34. The minimum atomic E-state index is -0.571. The Morgan fingerprint density at radius 2 is 1.93 bits per heavy atom. The fourth-order valence-electron chi connectivity index (χ4n) is 3.89. The van der Waals surface area contributed by atoms with E-state index in [1.165, 1.54) is 5.56 Å². The summed E-state index contributed by atoms with van der Waals surface area (Å²) in [6, 6.07) is 12.2. The summed E-state index contributed by atoms with van der Waals surface area (Å²) in [4.78, 5) is 28.3. The van der Waals surface area contributed by atoms with Crippen molar-refractivity contribution in [3.63, 3.8) is 0 Å². The Hall–Kier alpha value is -3.49. The summed E-state index contributed by atoms with van der Waals surface area (Å²) in [5, 5.41) is 8.50. The number of fused-ring (bicyclic) bond motifs is 2. The van der Waals surface area contributed by atoms with Gasteiger partial charge in [0.1, 0.15) is 11.6 Å². The summed E-state index contributed by atoms with van der Waals surface area (Å²) in [7, 11) is 1.81. The number of primary amides is 1. The van der Waals surface area contributed by atoms with Crippen LogP contribution in [0.1, 0.15) is 53.0 Å². The summed E-state index contributed by atoms with van der Waals surface area (Å²) in [6.45, 7) is 2.79. The maximum Gasteiger partial charge on any atom is 0.288 e. The van der Waals surface area contributed by atoms with E-state index in [4.69, 9.17) is 5.73 Å². The molecule has 30 heavy (non-hydrogen) atoms. The third kappa shape index (κ3) is 3.83. The molecule has 0 saturated carbocycles. The fourth-order valence-corrected chi connectivity index (χ4v) is 3.89. The molecule has 3 aromatic rings. The highest BCUT2D eigenvalue weighted by Gasteiger charge is 2.27. The van der Waals surface area contributed by atoms with Crippen LogP contribution in [-0.4, -0.2) is 43.4 Å². The molecule has 156 valence electrons. The Kier molecular flexibility index (Phi) is 5.35. The maximum atomic E-state index is 11.5. The quantitative estimate of drug-likeness (QED) is 0.697. The van der Waals surface area contributed by atoms with Gasteiger partial charge in [-0.1, -0.05) is 30.3 Å². The van der Waals surface area contributed by atoms with Gasteiger partial charge in [0.15, 0.2) is 0 Å². The van der Waals surface area contributed by atoms with Gasteiger partial charge in [0.25, 0.3) is 5.91 Å². The molecule has 5 rings (SSSR count). The van der Waals surface area contributed by atoms with Gasteiger partial charge in [-0.05, 0) is 25.3 Å². The Bertz CT molecular complexity index is 1070. The predicted octanol–water partition coefficient (Wildman–Crippen LogP) is 1.86. The molecule has 2 aromatic heterocycles. The average Bonchev–Trinajstić information content (AvgIpc) is 3.40. The number of rotatable bonds is 2. The predicted molar refractivity (Wildman–Crippen MR) is 111 cm³/mol. The normalized spacial score (nSPS) is 17.6. The van der Waals surface area contributed by atoms with Gasteiger partial charge in [-0.2, -0.15) is 5.10 Å². The number of amides is 2. The third-order valence-electron chi connectivity index (χ3n) is 5.40. The van der Waals surface area contributed by atoms with Crippen LogP contribution in [0.3, 0.4) is 0 Å². The van der Waals surface area contributed by atoms with Crippen molar-refractivity contribution in [1.29, 1.82) is 0 Å². The van der Waals surface area contributed by atoms with Gasteiger partial charge in [-0.25, -0.2) is 14.3 Å². The first-order chi connectivity index (χ1) is 14.4. The molecule has 1 unspecified atom stereocenters. The minimum absolute atomic E-state index is 0.112. The Labute approximate surface area is 174 Å². The number of benzene rings is 1. The molecule has 0 bridgehead atoms. The van der Waals surface area contributed by atoms with Gasteiger partial charge in [0, 0.05) is 32.5 Å². The van der Waals surface area contributed by atoms with Crippen LogP contribution in [0, 0.1) is 6.92 Å². The van der Waals surface area contributed by atoms with Crippen LogP contribution in [-0.2, 0) is 17.8 Å². The lowest BCUT2D eigenvalue weighted by Crippen LogP contribution is -2.25. The Morgan fingerprint density at radius 3 is 2.67 bits per heavy atom. The van der Waals surface area contributed by atoms with Crippen molar-refractivity contribution in [2.75, 3.05) is 11.9 Å². The minimum Gasteiger partial charge on any atom is -0.363 e. The molecule has 0 radical (unpaired) electrons. The van der Waals surface area contributed by atoms with Crippen molar-refractivity contribution in [3.05, 3.63) is 59.3 Å². The molecule has 0 saturated heterocycles. The molecule has 2 amide bonds. The van der Waals surface area contributed by atoms with Gasteiger partial charge in [0.2, 0.25) is 11.7 Å². The zero-order valence-electron chi connectivity index (χ0n) is 17.2. The fraction of sp³-hybridized carbons (Fsp3) is 0.381. The molecule has 0 aliphatic carbocycles. The highest BCUT2D eigenvalue weighted by molar-refractivity contribution is 5.92. The standard InChI is InChI=1S/C12H12N4O.C9H13N3O/c13-11(17)12-14-10-7-6-9(16(10)15-12)8-4-2-1-3-5-8;1-7-6-8-11(2)9(13)4-3-5-12(8)10-7/h1-5,9H,6-7H2,(H2,13,17);6H,3-5H2,1-2H3. The first-order valence-corrected chi connectivity index (χ1v) is 10.0. The van der Waals surface area contributed by atoms with Gasteiger partial charge in [-0.3, -0.25) is 9.59 Å². The van der Waals surface area contributed by atoms with E-state index in [0.717, 1.165) is 43.1 Å². The van der Waals surface area contributed by atoms with Crippen LogP contribution in [0.25, 0.3) is 0 Å². The number of aryl methyl sites for hydroxylation is 3. The largest absolute Gasteiger partial charge is 0.363 e. The number of hydrogen-bond donors (Lipinski definition) is 1.